The van der Waals surface area contributed by atoms with E-state index in [4.69, 9.17) is 21.1 Å². The minimum Gasteiger partial charge on any atom is -0.347 e. The first kappa shape index (κ1) is 11.2. The van der Waals surface area contributed by atoms with Crippen molar-refractivity contribution in [3.8, 4) is 0 Å². The van der Waals surface area contributed by atoms with Crippen LogP contribution in [0.15, 0.2) is 0 Å². The summed E-state index contributed by atoms with van der Waals surface area (Å²) < 4.78 is 11.2. The molecule has 0 N–H and O–H groups in total. The molecule has 0 aliphatic carbocycles. The third kappa shape index (κ3) is 2.27. The fraction of sp³-hybridized carbons (Fsp3) is 0.900. The first-order valence-electron chi connectivity index (χ1n) is 5.34. The van der Waals surface area contributed by atoms with Crippen LogP contribution in [0.4, 0.5) is 4.79 Å². The van der Waals surface area contributed by atoms with Gasteiger partial charge in [0.2, 0.25) is 0 Å². The summed E-state index contributed by atoms with van der Waals surface area (Å²) in [6.07, 6.45) is 1.99. The molecule has 2 rings (SSSR count). The van der Waals surface area contributed by atoms with Crippen LogP contribution in [0.1, 0.15) is 19.8 Å². The van der Waals surface area contributed by atoms with Crippen LogP contribution in [0.25, 0.3) is 0 Å². The average molecular weight is 234 g/mol. The quantitative estimate of drug-likeness (QED) is 0.512. The monoisotopic (exact) mass is 233 g/mol. The third-order valence-corrected chi connectivity index (χ3v) is 3.51. The molecule has 2 heterocycles. The van der Waals surface area contributed by atoms with Gasteiger partial charge in [-0.3, -0.25) is 4.79 Å². The minimum absolute atomic E-state index is 0.233. The predicted octanol–water partition coefficient (Wildman–Crippen LogP) is 1.82. The van der Waals surface area contributed by atoms with Gasteiger partial charge in [-0.05, 0) is 31.4 Å². The SMILES string of the molecule is CC1(C2CCCN(C(=O)Cl)C2)OCCO1. The van der Waals surface area contributed by atoms with E-state index in [1.165, 1.54) is 0 Å². The summed E-state index contributed by atoms with van der Waals surface area (Å²) in [4.78, 5) is 12.7. The van der Waals surface area contributed by atoms with Crippen molar-refractivity contribution in [2.75, 3.05) is 26.3 Å². The summed E-state index contributed by atoms with van der Waals surface area (Å²) in [5, 5.41) is -0.374. The molecule has 4 nitrogen and oxygen atoms in total. The highest BCUT2D eigenvalue weighted by molar-refractivity contribution is 6.62. The Hall–Kier alpha value is -0.320. The molecular weight excluding hydrogens is 218 g/mol. The Kier molecular flexibility index (Phi) is 3.19. The summed E-state index contributed by atoms with van der Waals surface area (Å²) in [5.41, 5.74) is 0. The van der Waals surface area contributed by atoms with Crippen LogP contribution < -0.4 is 0 Å². The van der Waals surface area contributed by atoms with Crippen molar-refractivity contribution in [2.24, 2.45) is 5.92 Å². The molecule has 1 atom stereocenters. The Morgan fingerprint density at radius 1 is 1.47 bits per heavy atom. The minimum atomic E-state index is -0.523. The van der Waals surface area contributed by atoms with E-state index in [-0.39, 0.29) is 11.3 Å². The van der Waals surface area contributed by atoms with Crippen LogP contribution in [0.3, 0.4) is 0 Å². The fourth-order valence-electron chi connectivity index (χ4n) is 2.33. The number of ether oxygens (including phenoxy) is 2. The number of hydrogen-bond donors (Lipinski definition) is 0. The van der Waals surface area contributed by atoms with Crippen molar-refractivity contribution in [1.82, 2.24) is 4.90 Å². The second kappa shape index (κ2) is 4.28. The van der Waals surface area contributed by atoms with Gasteiger partial charge in [0.25, 0.3) is 0 Å². The molecule has 2 saturated heterocycles. The van der Waals surface area contributed by atoms with E-state index in [9.17, 15) is 4.79 Å². The maximum absolute atomic E-state index is 11.1. The lowest BCUT2D eigenvalue weighted by molar-refractivity contribution is -0.189. The van der Waals surface area contributed by atoms with Crippen LogP contribution >= 0.6 is 11.6 Å². The highest BCUT2D eigenvalue weighted by Gasteiger charge is 2.42. The fourth-order valence-corrected chi connectivity index (χ4v) is 2.48. The Bertz CT molecular complexity index is 253. The van der Waals surface area contributed by atoms with Crippen LogP contribution in [0.5, 0.6) is 0 Å². The molecule has 0 saturated carbocycles. The number of piperidine rings is 1. The van der Waals surface area contributed by atoms with Crippen molar-refractivity contribution in [1.29, 1.82) is 0 Å². The largest absolute Gasteiger partial charge is 0.347 e. The number of nitrogens with zero attached hydrogens (tertiary/aromatic N) is 1. The molecule has 2 aliphatic heterocycles. The third-order valence-electron chi connectivity index (χ3n) is 3.27. The van der Waals surface area contributed by atoms with E-state index < -0.39 is 5.79 Å². The molecule has 0 aromatic heterocycles. The zero-order chi connectivity index (χ0) is 10.9. The molecule has 0 bridgehead atoms. The van der Waals surface area contributed by atoms with E-state index in [0.717, 1.165) is 19.4 Å². The van der Waals surface area contributed by atoms with Crippen molar-refractivity contribution in [3.05, 3.63) is 0 Å². The van der Waals surface area contributed by atoms with E-state index in [2.05, 4.69) is 0 Å². The van der Waals surface area contributed by atoms with Gasteiger partial charge in [0.05, 0.1) is 13.2 Å². The molecule has 1 unspecified atom stereocenters. The molecule has 5 heteroatoms. The number of amides is 1. The summed E-state index contributed by atoms with van der Waals surface area (Å²) >= 11 is 5.48. The highest BCUT2D eigenvalue weighted by atomic mass is 35.5. The molecular formula is C10H16ClNO3. The van der Waals surface area contributed by atoms with Gasteiger partial charge in [-0.1, -0.05) is 0 Å². The van der Waals surface area contributed by atoms with E-state index in [1.54, 1.807) is 4.90 Å². The Morgan fingerprint density at radius 2 is 2.13 bits per heavy atom. The maximum Gasteiger partial charge on any atom is 0.316 e. The van der Waals surface area contributed by atoms with E-state index in [1.807, 2.05) is 6.92 Å². The van der Waals surface area contributed by atoms with Gasteiger partial charge < -0.3 is 14.4 Å². The van der Waals surface area contributed by atoms with Gasteiger partial charge >= 0.3 is 5.37 Å². The van der Waals surface area contributed by atoms with Crippen LogP contribution in [0.2, 0.25) is 0 Å². The number of likely N-dealkylation sites (tertiary alicyclic amines) is 1. The summed E-state index contributed by atoms with van der Waals surface area (Å²) in [7, 11) is 0. The molecule has 0 aromatic rings. The summed E-state index contributed by atoms with van der Waals surface area (Å²) in [6.45, 7) is 4.62. The number of rotatable bonds is 1. The number of carbonyl (C=O) groups excluding carboxylic acids is 1. The molecule has 2 fully saturated rings. The first-order chi connectivity index (χ1) is 7.12. The summed E-state index contributed by atoms with van der Waals surface area (Å²) in [6, 6.07) is 0. The van der Waals surface area contributed by atoms with Gasteiger partial charge in [-0.25, -0.2) is 0 Å². The molecule has 1 amide bonds. The van der Waals surface area contributed by atoms with Gasteiger partial charge in [0.1, 0.15) is 0 Å². The smallest absolute Gasteiger partial charge is 0.316 e. The number of halogens is 1. The second-order valence-electron chi connectivity index (χ2n) is 4.25. The normalized spacial score (nSPS) is 30.5. The van der Waals surface area contributed by atoms with Gasteiger partial charge in [0.15, 0.2) is 5.79 Å². The maximum atomic E-state index is 11.1. The standard InChI is InChI=1S/C10H16ClNO3/c1-10(14-5-6-15-10)8-3-2-4-12(7-8)9(11)13/h8H,2-7H2,1H3. The zero-order valence-electron chi connectivity index (χ0n) is 8.87. The lowest BCUT2D eigenvalue weighted by atomic mass is 9.91. The summed E-state index contributed by atoms with van der Waals surface area (Å²) in [5.74, 6) is -0.290. The van der Waals surface area contributed by atoms with Crippen molar-refractivity contribution in [2.45, 2.75) is 25.6 Å². The lowest BCUT2D eigenvalue weighted by Gasteiger charge is -2.39. The Balaban J connectivity index is 2.00. The number of hydrogen-bond acceptors (Lipinski definition) is 3. The van der Waals surface area contributed by atoms with Crippen LogP contribution in [-0.4, -0.2) is 42.4 Å². The predicted molar refractivity (Wildman–Crippen MR) is 55.9 cm³/mol. The molecule has 2 aliphatic rings. The van der Waals surface area contributed by atoms with Crippen LogP contribution in [-0.2, 0) is 9.47 Å². The first-order valence-corrected chi connectivity index (χ1v) is 5.72. The van der Waals surface area contributed by atoms with E-state index in [0.29, 0.717) is 19.8 Å². The van der Waals surface area contributed by atoms with Gasteiger partial charge in [-0.15, -0.1) is 0 Å². The second-order valence-corrected chi connectivity index (χ2v) is 4.57. The van der Waals surface area contributed by atoms with Crippen LogP contribution in [0, 0.1) is 5.92 Å². The van der Waals surface area contributed by atoms with E-state index >= 15 is 0 Å². The average Bonchev–Trinajstić information content (AvgIpc) is 2.67. The van der Waals surface area contributed by atoms with Crippen molar-refractivity contribution < 1.29 is 14.3 Å². The topological polar surface area (TPSA) is 38.8 Å². The Labute approximate surface area is 94.5 Å². The molecule has 0 aromatic carbocycles. The highest BCUT2D eigenvalue weighted by Crippen LogP contribution is 2.34. The Morgan fingerprint density at radius 3 is 2.73 bits per heavy atom. The lowest BCUT2D eigenvalue weighted by Crippen LogP contribution is -2.47. The molecule has 86 valence electrons. The molecule has 15 heavy (non-hydrogen) atoms. The van der Waals surface area contributed by atoms with Gasteiger partial charge in [0, 0.05) is 19.0 Å². The van der Waals surface area contributed by atoms with Crippen molar-refractivity contribution in [3.63, 3.8) is 0 Å². The zero-order valence-corrected chi connectivity index (χ0v) is 9.63. The molecule has 0 spiro atoms. The van der Waals surface area contributed by atoms with Gasteiger partial charge in [-0.2, -0.15) is 0 Å². The molecule has 0 radical (unpaired) electrons. The van der Waals surface area contributed by atoms with Crippen molar-refractivity contribution >= 4 is 17.0 Å². The number of carbonyl (C=O) groups is 1.